The molecule has 24 heavy (non-hydrogen) atoms. The van der Waals surface area contributed by atoms with Crippen molar-refractivity contribution in [1.82, 2.24) is 15.0 Å². The van der Waals surface area contributed by atoms with Crippen LogP contribution in [0.4, 0.5) is 5.69 Å². The first-order valence-corrected chi connectivity index (χ1v) is 8.68. The minimum Gasteiger partial charge on any atom is -0.319 e. The average Bonchev–Trinajstić information content (AvgIpc) is 3.38. The van der Waals surface area contributed by atoms with Crippen LogP contribution >= 0.6 is 11.3 Å². The molecule has 1 fully saturated rings. The van der Waals surface area contributed by atoms with Crippen LogP contribution in [0.15, 0.2) is 42.7 Å². The zero-order chi connectivity index (χ0) is 16.5. The molecule has 3 aromatic rings. The second-order valence-electron chi connectivity index (χ2n) is 5.86. The number of benzene rings is 1. The molecule has 2 heterocycles. The lowest BCUT2D eigenvalue weighted by Crippen LogP contribution is -2.12. The van der Waals surface area contributed by atoms with Crippen LogP contribution in [0, 0.1) is 6.92 Å². The lowest BCUT2D eigenvalue weighted by atomic mass is 10.2. The number of amides is 1. The van der Waals surface area contributed by atoms with E-state index >= 15 is 0 Å². The van der Waals surface area contributed by atoms with E-state index in [1.165, 1.54) is 11.3 Å². The average molecular weight is 336 g/mol. The Labute approximate surface area is 143 Å². The quantitative estimate of drug-likeness (QED) is 0.781. The van der Waals surface area contributed by atoms with Gasteiger partial charge in [-0.15, -0.1) is 11.3 Å². The van der Waals surface area contributed by atoms with Gasteiger partial charge in [-0.1, -0.05) is 30.3 Å². The highest BCUT2D eigenvalue weighted by Crippen LogP contribution is 2.37. The number of hydrogen-bond acceptors (Lipinski definition) is 5. The van der Waals surface area contributed by atoms with Crippen LogP contribution in [0.5, 0.6) is 0 Å². The van der Waals surface area contributed by atoms with Gasteiger partial charge in [-0.05, 0) is 19.8 Å². The SMILES string of the molecule is Cc1nc(-c2ccccc2)sc1C(=O)Nc1cnc(C2CC2)nc1. The van der Waals surface area contributed by atoms with Crippen LogP contribution in [0.25, 0.3) is 10.6 Å². The summed E-state index contributed by atoms with van der Waals surface area (Å²) in [7, 11) is 0. The molecule has 0 unspecified atom stereocenters. The molecule has 1 N–H and O–H groups in total. The summed E-state index contributed by atoms with van der Waals surface area (Å²) in [4.78, 5) is 26.3. The van der Waals surface area contributed by atoms with Gasteiger partial charge in [-0.25, -0.2) is 15.0 Å². The third-order valence-corrected chi connectivity index (χ3v) is 5.10. The summed E-state index contributed by atoms with van der Waals surface area (Å²) < 4.78 is 0. The van der Waals surface area contributed by atoms with Crippen LogP contribution in [-0.4, -0.2) is 20.9 Å². The molecule has 0 saturated heterocycles. The third kappa shape index (κ3) is 3.05. The van der Waals surface area contributed by atoms with Gasteiger partial charge >= 0.3 is 0 Å². The molecule has 1 aliphatic rings. The van der Waals surface area contributed by atoms with Crippen molar-refractivity contribution in [3.8, 4) is 10.6 Å². The van der Waals surface area contributed by atoms with Crippen molar-refractivity contribution >= 4 is 22.9 Å². The molecule has 1 aliphatic carbocycles. The van der Waals surface area contributed by atoms with E-state index in [9.17, 15) is 4.79 Å². The predicted octanol–water partition coefficient (Wildman–Crippen LogP) is 4.04. The van der Waals surface area contributed by atoms with Crippen LogP contribution < -0.4 is 5.32 Å². The van der Waals surface area contributed by atoms with Gasteiger partial charge in [0.2, 0.25) is 0 Å². The van der Waals surface area contributed by atoms with E-state index in [2.05, 4.69) is 20.3 Å². The van der Waals surface area contributed by atoms with E-state index < -0.39 is 0 Å². The van der Waals surface area contributed by atoms with Gasteiger partial charge in [0, 0.05) is 11.5 Å². The summed E-state index contributed by atoms with van der Waals surface area (Å²) in [5.74, 6) is 1.20. The van der Waals surface area contributed by atoms with Crippen molar-refractivity contribution in [2.75, 3.05) is 5.32 Å². The van der Waals surface area contributed by atoms with Crippen LogP contribution in [-0.2, 0) is 0 Å². The maximum atomic E-state index is 12.5. The fraction of sp³-hybridized carbons (Fsp3) is 0.222. The standard InChI is InChI=1S/C18H16N4OS/c1-11-15(24-18(21-11)13-5-3-2-4-6-13)17(23)22-14-9-19-16(20-10-14)12-7-8-12/h2-6,9-10,12H,7-8H2,1H3,(H,22,23). The molecule has 0 atom stereocenters. The van der Waals surface area contributed by atoms with E-state index in [1.54, 1.807) is 12.4 Å². The first-order chi connectivity index (χ1) is 11.7. The van der Waals surface area contributed by atoms with E-state index in [4.69, 9.17) is 0 Å². The number of aryl methyl sites for hydroxylation is 1. The highest BCUT2D eigenvalue weighted by molar-refractivity contribution is 7.17. The Bertz CT molecular complexity index is 870. The molecule has 1 aromatic carbocycles. The minimum atomic E-state index is -0.171. The van der Waals surface area contributed by atoms with Crippen molar-refractivity contribution in [2.45, 2.75) is 25.7 Å². The molecule has 0 radical (unpaired) electrons. The van der Waals surface area contributed by atoms with Crippen LogP contribution in [0.2, 0.25) is 0 Å². The Hall–Kier alpha value is -2.60. The second-order valence-corrected chi connectivity index (χ2v) is 6.86. The number of rotatable bonds is 4. The Morgan fingerprint density at radius 1 is 1.17 bits per heavy atom. The van der Waals surface area contributed by atoms with Crippen molar-refractivity contribution < 1.29 is 4.79 Å². The summed E-state index contributed by atoms with van der Waals surface area (Å²) in [6, 6.07) is 9.87. The molecule has 120 valence electrons. The fourth-order valence-electron chi connectivity index (χ4n) is 2.45. The summed E-state index contributed by atoms with van der Waals surface area (Å²) in [6.45, 7) is 1.85. The summed E-state index contributed by atoms with van der Waals surface area (Å²) in [5.41, 5.74) is 2.35. The van der Waals surface area contributed by atoms with E-state index in [0.29, 0.717) is 16.5 Å². The monoisotopic (exact) mass is 336 g/mol. The number of thiazole rings is 1. The molecule has 0 bridgehead atoms. The number of nitrogens with one attached hydrogen (secondary N) is 1. The molecule has 0 aliphatic heterocycles. The van der Waals surface area contributed by atoms with Crippen molar-refractivity contribution in [3.63, 3.8) is 0 Å². The molecular weight excluding hydrogens is 320 g/mol. The van der Waals surface area contributed by atoms with Crippen molar-refractivity contribution in [3.05, 3.63) is 59.1 Å². The number of carbonyl (C=O) groups is 1. The Morgan fingerprint density at radius 2 is 1.88 bits per heavy atom. The topological polar surface area (TPSA) is 67.8 Å². The highest BCUT2D eigenvalue weighted by atomic mass is 32.1. The van der Waals surface area contributed by atoms with Crippen molar-refractivity contribution in [2.24, 2.45) is 0 Å². The summed E-state index contributed by atoms with van der Waals surface area (Å²) in [6.07, 6.45) is 5.67. The largest absolute Gasteiger partial charge is 0.319 e. The van der Waals surface area contributed by atoms with Gasteiger partial charge in [0.15, 0.2) is 0 Å². The van der Waals surface area contributed by atoms with Crippen LogP contribution in [0.1, 0.15) is 39.9 Å². The molecule has 4 rings (SSSR count). The number of aromatic nitrogens is 3. The first kappa shape index (κ1) is 15.0. The highest BCUT2D eigenvalue weighted by Gasteiger charge is 2.26. The first-order valence-electron chi connectivity index (χ1n) is 7.87. The van der Waals surface area contributed by atoms with E-state index in [0.717, 1.165) is 34.9 Å². The Kier molecular flexibility index (Phi) is 3.82. The van der Waals surface area contributed by atoms with E-state index in [1.807, 2.05) is 37.3 Å². The zero-order valence-corrected chi connectivity index (χ0v) is 14.0. The predicted molar refractivity (Wildman–Crippen MR) is 94.2 cm³/mol. The number of nitrogens with zero attached hydrogens (tertiary/aromatic N) is 3. The molecule has 6 heteroatoms. The van der Waals surface area contributed by atoms with E-state index in [-0.39, 0.29) is 5.91 Å². The van der Waals surface area contributed by atoms with Gasteiger partial charge in [0.05, 0.1) is 23.8 Å². The van der Waals surface area contributed by atoms with Gasteiger partial charge in [-0.2, -0.15) is 0 Å². The molecule has 2 aromatic heterocycles. The smallest absolute Gasteiger partial charge is 0.267 e. The van der Waals surface area contributed by atoms with Gasteiger partial charge in [-0.3, -0.25) is 4.79 Å². The fourth-order valence-corrected chi connectivity index (χ4v) is 3.42. The van der Waals surface area contributed by atoms with Crippen LogP contribution in [0.3, 0.4) is 0 Å². The second kappa shape index (κ2) is 6.13. The maximum Gasteiger partial charge on any atom is 0.267 e. The lowest BCUT2D eigenvalue weighted by molar-refractivity contribution is 0.102. The summed E-state index contributed by atoms with van der Waals surface area (Å²) in [5, 5.41) is 3.70. The number of anilines is 1. The molecular formula is C18H16N4OS. The number of hydrogen-bond donors (Lipinski definition) is 1. The molecule has 5 nitrogen and oxygen atoms in total. The summed E-state index contributed by atoms with van der Waals surface area (Å²) >= 11 is 1.39. The van der Waals surface area contributed by atoms with Crippen molar-refractivity contribution in [1.29, 1.82) is 0 Å². The molecule has 1 amide bonds. The molecule has 0 spiro atoms. The van der Waals surface area contributed by atoms with Gasteiger partial charge in [0.1, 0.15) is 15.7 Å². The normalized spacial score (nSPS) is 13.7. The Morgan fingerprint density at radius 3 is 2.54 bits per heavy atom. The zero-order valence-electron chi connectivity index (χ0n) is 13.2. The van der Waals surface area contributed by atoms with Gasteiger partial charge in [0.25, 0.3) is 5.91 Å². The Balaban J connectivity index is 1.52. The number of carbonyl (C=O) groups excluding carboxylic acids is 1. The lowest BCUT2D eigenvalue weighted by Gasteiger charge is -2.04. The minimum absolute atomic E-state index is 0.171. The maximum absolute atomic E-state index is 12.5. The molecule has 1 saturated carbocycles. The third-order valence-electron chi connectivity index (χ3n) is 3.90. The van der Waals surface area contributed by atoms with Gasteiger partial charge < -0.3 is 5.32 Å².